The smallest absolute Gasteiger partial charge is 0.123 e. The van der Waals surface area contributed by atoms with Crippen molar-refractivity contribution in [2.24, 2.45) is 5.92 Å². The molecule has 100 valence electrons. The molecule has 3 rings (SSSR count). The second-order valence-electron chi connectivity index (χ2n) is 5.24. The van der Waals surface area contributed by atoms with Gasteiger partial charge in [0.05, 0.1) is 11.4 Å². The lowest BCUT2D eigenvalue weighted by Crippen LogP contribution is -2.34. The molecule has 4 heteroatoms. The molecule has 1 N–H and O–H groups in total. The molecule has 0 amide bonds. The van der Waals surface area contributed by atoms with Gasteiger partial charge in [0.2, 0.25) is 0 Å². The van der Waals surface area contributed by atoms with E-state index in [9.17, 15) is 4.39 Å². The van der Waals surface area contributed by atoms with Crippen LogP contribution < -0.4 is 5.32 Å². The van der Waals surface area contributed by atoms with Crippen molar-refractivity contribution < 1.29 is 4.39 Å². The predicted molar refractivity (Wildman–Crippen MR) is 72.9 cm³/mol. The Balaban J connectivity index is 1.84. The average molecular weight is 259 g/mol. The Morgan fingerprint density at radius 2 is 2.05 bits per heavy atom. The zero-order chi connectivity index (χ0) is 13.2. The predicted octanol–water partition coefficient (Wildman–Crippen LogP) is 2.72. The average Bonchev–Trinajstić information content (AvgIpc) is 2.89. The molecule has 1 fully saturated rings. The van der Waals surface area contributed by atoms with Crippen LogP contribution in [0, 0.1) is 11.7 Å². The minimum Gasteiger partial charge on any atom is -0.316 e. The summed E-state index contributed by atoms with van der Waals surface area (Å²) >= 11 is 0. The Morgan fingerprint density at radius 1 is 1.26 bits per heavy atom. The van der Waals surface area contributed by atoms with Crippen molar-refractivity contribution in [2.75, 3.05) is 13.1 Å². The van der Waals surface area contributed by atoms with Gasteiger partial charge in [-0.25, -0.2) is 9.07 Å². The van der Waals surface area contributed by atoms with Crippen LogP contribution in [0.1, 0.15) is 25.0 Å². The van der Waals surface area contributed by atoms with E-state index in [1.54, 1.807) is 12.1 Å². The van der Waals surface area contributed by atoms with Crippen molar-refractivity contribution >= 4 is 0 Å². The minimum atomic E-state index is -0.219. The second-order valence-corrected chi connectivity index (χ2v) is 5.24. The second kappa shape index (κ2) is 5.13. The van der Waals surface area contributed by atoms with Gasteiger partial charge in [0.1, 0.15) is 5.82 Å². The van der Waals surface area contributed by atoms with Crippen LogP contribution in [-0.2, 0) is 0 Å². The Kier molecular flexibility index (Phi) is 3.34. The first-order chi connectivity index (χ1) is 9.24. The SMILES string of the molecule is CC1CNCCC1c1ccn(-c2ccc(F)cc2)n1. The van der Waals surface area contributed by atoms with Gasteiger partial charge in [0.15, 0.2) is 0 Å². The monoisotopic (exact) mass is 259 g/mol. The molecule has 2 atom stereocenters. The quantitative estimate of drug-likeness (QED) is 0.898. The number of aromatic nitrogens is 2. The Labute approximate surface area is 112 Å². The molecule has 1 aliphatic heterocycles. The Morgan fingerprint density at radius 3 is 2.79 bits per heavy atom. The molecular formula is C15H18FN3. The maximum absolute atomic E-state index is 12.9. The van der Waals surface area contributed by atoms with Gasteiger partial charge in [-0.1, -0.05) is 6.92 Å². The summed E-state index contributed by atoms with van der Waals surface area (Å²) in [4.78, 5) is 0. The lowest BCUT2D eigenvalue weighted by Gasteiger charge is -2.28. The molecule has 0 aliphatic carbocycles. The van der Waals surface area contributed by atoms with Gasteiger partial charge in [-0.3, -0.25) is 0 Å². The maximum Gasteiger partial charge on any atom is 0.123 e. The summed E-state index contributed by atoms with van der Waals surface area (Å²) in [5, 5.41) is 8.05. The molecule has 0 spiro atoms. The van der Waals surface area contributed by atoms with E-state index in [2.05, 4.69) is 23.4 Å². The number of hydrogen-bond donors (Lipinski definition) is 1. The normalized spacial score (nSPS) is 23.5. The summed E-state index contributed by atoms with van der Waals surface area (Å²) < 4.78 is 14.7. The van der Waals surface area contributed by atoms with Gasteiger partial charge >= 0.3 is 0 Å². The number of nitrogens with zero attached hydrogens (tertiary/aromatic N) is 2. The number of halogens is 1. The first kappa shape index (κ1) is 12.4. The topological polar surface area (TPSA) is 29.9 Å². The fraction of sp³-hybridized carbons (Fsp3) is 0.400. The third-order valence-corrected chi connectivity index (χ3v) is 3.87. The van der Waals surface area contributed by atoms with Gasteiger partial charge in [0.25, 0.3) is 0 Å². The zero-order valence-electron chi connectivity index (χ0n) is 11.0. The molecule has 2 heterocycles. The Bertz CT molecular complexity index is 547. The van der Waals surface area contributed by atoms with Crippen LogP contribution in [0.2, 0.25) is 0 Å². The highest BCUT2D eigenvalue weighted by molar-refractivity contribution is 5.31. The van der Waals surface area contributed by atoms with E-state index in [0.717, 1.165) is 30.9 Å². The largest absolute Gasteiger partial charge is 0.316 e. The van der Waals surface area contributed by atoms with Crippen LogP contribution in [0.4, 0.5) is 4.39 Å². The van der Waals surface area contributed by atoms with E-state index in [-0.39, 0.29) is 5.82 Å². The van der Waals surface area contributed by atoms with Crippen molar-refractivity contribution in [1.29, 1.82) is 0 Å². The number of benzene rings is 1. The summed E-state index contributed by atoms with van der Waals surface area (Å²) in [7, 11) is 0. The fourth-order valence-corrected chi connectivity index (χ4v) is 2.73. The third-order valence-electron chi connectivity index (χ3n) is 3.87. The van der Waals surface area contributed by atoms with Crippen LogP contribution in [0.15, 0.2) is 36.5 Å². The molecule has 2 unspecified atom stereocenters. The summed E-state index contributed by atoms with van der Waals surface area (Å²) in [6, 6.07) is 8.50. The van der Waals surface area contributed by atoms with Crippen molar-refractivity contribution in [2.45, 2.75) is 19.3 Å². The molecule has 1 saturated heterocycles. The van der Waals surface area contributed by atoms with E-state index in [4.69, 9.17) is 0 Å². The first-order valence-electron chi connectivity index (χ1n) is 6.76. The summed E-state index contributed by atoms with van der Waals surface area (Å²) in [6.45, 7) is 4.36. The summed E-state index contributed by atoms with van der Waals surface area (Å²) in [6.07, 6.45) is 3.08. The van der Waals surface area contributed by atoms with E-state index in [1.807, 2.05) is 10.9 Å². The number of nitrogens with one attached hydrogen (secondary N) is 1. The van der Waals surface area contributed by atoms with E-state index in [0.29, 0.717) is 11.8 Å². The third kappa shape index (κ3) is 2.54. The molecular weight excluding hydrogens is 241 g/mol. The minimum absolute atomic E-state index is 0.219. The molecule has 1 aromatic carbocycles. The maximum atomic E-state index is 12.9. The van der Waals surface area contributed by atoms with Crippen LogP contribution in [-0.4, -0.2) is 22.9 Å². The molecule has 2 aromatic rings. The van der Waals surface area contributed by atoms with Crippen molar-refractivity contribution in [3.63, 3.8) is 0 Å². The van der Waals surface area contributed by atoms with Crippen LogP contribution >= 0.6 is 0 Å². The molecule has 0 saturated carbocycles. The van der Waals surface area contributed by atoms with Crippen molar-refractivity contribution in [3.05, 3.63) is 48.0 Å². The van der Waals surface area contributed by atoms with Crippen molar-refractivity contribution in [3.8, 4) is 5.69 Å². The molecule has 0 bridgehead atoms. The van der Waals surface area contributed by atoms with Crippen molar-refractivity contribution in [1.82, 2.24) is 15.1 Å². The molecule has 1 aromatic heterocycles. The molecule has 1 aliphatic rings. The van der Waals surface area contributed by atoms with Gasteiger partial charge < -0.3 is 5.32 Å². The van der Waals surface area contributed by atoms with E-state index < -0.39 is 0 Å². The lowest BCUT2D eigenvalue weighted by molar-refractivity contribution is 0.343. The summed E-state index contributed by atoms with van der Waals surface area (Å²) in [5.74, 6) is 0.899. The number of hydrogen-bond acceptors (Lipinski definition) is 2. The van der Waals surface area contributed by atoms with Gasteiger partial charge in [-0.05, 0) is 55.8 Å². The van der Waals surface area contributed by atoms with Gasteiger partial charge in [0, 0.05) is 12.1 Å². The van der Waals surface area contributed by atoms with E-state index in [1.165, 1.54) is 12.1 Å². The zero-order valence-corrected chi connectivity index (χ0v) is 11.0. The molecule has 0 radical (unpaired) electrons. The fourth-order valence-electron chi connectivity index (χ4n) is 2.73. The molecule has 19 heavy (non-hydrogen) atoms. The highest BCUT2D eigenvalue weighted by Crippen LogP contribution is 2.28. The standard InChI is InChI=1S/C15H18FN3/c1-11-10-17-8-6-14(11)15-7-9-19(18-15)13-4-2-12(16)3-5-13/h2-5,7,9,11,14,17H,6,8,10H2,1H3. The van der Waals surface area contributed by atoms with Crippen LogP contribution in [0.5, 0.6) is 0 Å². The number of piperidine rings is 1. The van der Waals surface area contributed by atoms with Crippen LogP contribution in [0.25, 0.3) is 5.69 Å². The van der Waals surface area contributed by atoms with Gasteiger partial charge in [-0.15, -0.1) is 0 Å². The molecule has 3 nitrogen and oxygen atoms in total. The lowest BCUT2D eigenvalue weighted by atomic mass is 9.85. The number of rotatable bonds is 2. The first-order valence-corrected chi connectivity index (χ1v) is 6.76. The summed E-state index contributed by atoms with van der Waals surface area (Å²) in [5.41, 5.74) is 2.03. The van der Waals surface area contributed by atoms with Crippen LogP contribution in [0.3, 0.4) is 0 Å². The van der Waals surface area contributed by atoms with E-state index >= 15 is 0 Å². The highest BCUT2D eigenvalue weighted by Gasteiger charge is 2.24. The van der Waals surface area contributed by atoms with Gasteiger partial charge in [-0.2, -0.15) is 5.10 Å². The highest BCUT2D eigenvalue weighted by atomic mass is 19.1. The Hall–Kier alpha value is -1.68.